The van der Waals surface area contributed by atoms with Gasteiger partial charge in [-0.15, -0.1) is 0 Å². The van der Waals surface area contributed by atoms with Crippen LogP contribution in [0.25, 0.3) is 0 Å². The van der Waals surface area contributed by atoms with Gasteiger partial charge in [0.1, 0.15) is 0 Å². The molecule has 0 rings (SSSR count). The molecule has 17 heavy (non-hydrogen) atoms. The van der Waals surface area contributed by atoms with Crippen LogP contribution in [0.15, 0.2) is 24.0 Å². The molecule has 0 atom stereocenters. The predicted octanol–water partition coefficient (Wildman–Crippen LogP) is 1.33. The van der Waals surface area contributed by atoms with Gasteiger partial charge >= 0.3 is 17.9 Å². The molecule has 0 unspecified atom stereocenters. The monoisotopic (exact) mass is 242 g/mol. The van der Waals surface area contributed by atoms with Crippen LogP contribution in [0.5, 0.6) is 0 Å². The topological polar surface area (TPSA) is 101 Å². The van der Waals surface area contributed by atoms with E-state index in [0.717, 1.165) is 6.08 Å². The van der Waals surface area contributed by atoms with Crippen molar-refractivity contribution >= 4 is 17.9 Å². The Bertz CT molecular complexity index is 366. The van der Waals surface area contributed by atoms with E-state index in [1.165, 1.54) is 0 Å². The van der Waals surface area contributed by atoms with Crippen molar-refractivity contribution in [1.29, 1.82) is 0 Å². The summed E-state index contributed by atoms with van der Waals surface area (Å²) in [6.07, 6.45) is 1.98. The van der Waals surface area contributed by atoms with Crippen LogP contribution in [0, 0.1) is 0 Å². The Labute approximate surface area is 98.2 Å². The first kappa shape index (κ1) is 14.9. The Morgan fingerprint density at radius 3 is 2.18 bits per heavy atom. The maximum absolute atomic E-state index is 10.9. The zero-order chi connectivity index (χ0) is 13.4. The van der Waals surface area contributed by atoms with E-state index in [1.807, 2.05) is 6.92 Å². The van der Waals surface area contributed by atoms with Gasteiger partial charge in [-0.3, -0.25) is 0 Å². The van der Waals surface area contributed by atoms with Crippen molar-refractivity contribution in [2.24, 2.45) is 0 Å². The lowest BCUT2D eigenvalue weighted by atomic mass is 10.1. The molecule has 0 heterocycles. The Morgan fingerprint density at radius 1 is 1.24 bits per heavy atom. The summed E-state index contributed by atoms with van der Waals surface area (Å²) in [5.41, 5.74) is -0.422. The van der Waals surface area contributed by atoms with Gasteiger partial charge in [0.05, 0.1) is 5.57 Å². The molecule has 0 aromatic rings. The van der Waals surface area contributed by atoms with E-state index in [1.54, 1.807) is 0 Å². The van der Waals surface area contributed by atoms with E-state index in [2.05, 4.69) is 11.3 Å². The number of aliphatic carboxylic acids is 2. The number of hydrogen-bond donors (Lipinski definition) is 2. The van der Waals surface area contributed by atoms with Gasteiger partial charge in [0.15, 0.2) is 0 Å². The molecular formula is C11H14O6. The molecule has 6 heteroatoms. The van der Waals surface area contributed by atoms with Crippen molar-refractivity contribution in [3.63, 3.8) is 0 Å². The summed E-state index contributed by atoms with van der Waals surface area (Å²) >= 11 is 0. The van der Waals surface area contributed by atoms with E-state index in [-0.39, 0.29) is 6.42 Å². The standard InChI is InChI=1S/C11H14O6/c1-3-5-6-7(10(13)14)9(11(15)16)17-8(12)4-2/h4H,2-3,5-6H2,1H3,(H,13,14)(H,15,16)/b9-7+. The quantitative estimate of drug-likeness (QED) is 0.396. The number of esters is 1. The van der Waals surface area contributed by atoms with Gasteiger partial charge in [-0.1, -0.05) is 19.9 Å². The van der Waals surface area contributed by atoms with E-state index in [0.29, 0.717) is 12.8 Å². The van der Waals surface area contributed by atoms with Crippen LogP contribution in [0.4, 0.5) is 0 Å². The van der Waals surface area contributed by atoms with E-state index in [9.17, 15) is 14.4 Å². The Hall–Kier alpha value is -2.11. The molecule has 94 valence electrons. The molecular weight excluding hydrogens is 228 g/mol. The van der Waals surface area contributed by atoms with Crippen LogP contribution in [0.3, 0.4) is 0 Å². The summed E-state index contributed by atoms with van der Waals surface area (Å²) in [7, 11) is 0. The number of carbonyl (C=O) groups is 3. The van der Waals surface area contributed by atoms with Crippen LogP contribution < -0.4 is 0 Å². The van der Waals surface area contributed by atoms with Crippen molar-refractivity contribution in [2.75, 3.05) is 0 Å². The first-order valence-electron chi connectivity index (χ1n) is 4.98. The van der Waals surface area contributed by atoms with Crippen LogP contribution in [0.2, 0.25) is 0 Å². The van der Waals surface area contributed by atoms with Crippen molar-refractivity contribution < 1.29 is 29.3 Å². The Balaban J connectivity index is 5.26. The maximum Gasteiger partial charge on any atom is 0.372 e. The van der Waals surface area contributed by atoms with E-state index in [4.69, 9.17) is 10.2 Å². The molecule has 0 saturated carbocycles. The summed E-state index contributed by atoms with van der Waals surface area (Å²) in [4.78, 5) is 32.6. The Morgan fingerprint density at radius 2 is 1.82 bits per heavy atom. The molecule has 0 radical (unpaired) electrons. The molecule has 0 fully saturated rings. The highest BCUT2D eigenvalue weighted by molar-refractivity contribution is 5.99. The predicted molar refractivity (Wildman–Crippen MR) is 58.1 cm³/mol. The molecule has 0 aliphatic rings. The van der Waals surface area contributed by atoms with Gasteiger partial charge in [-0.25, -0.2) is 14.4 Å². The summed E-state index contributed by atoms with van der Waals surface area (Å²) < 4.78 is 4.42. The minimum atomic E-state index is -1.59. The molecule has 0 amide bonds. The molecule has 0 saturated heterocycles. The fourth-order valence-corrected chi connectivity index (χ4v) is 1.05. The van der Waals surface area contributed by atoms with Gasteiger partial charge in [0.2, 0.25) is 5.76 Å². The number of carboxylic acid groups (broad SMARTS) is 2. The highest BCUT2D eigenvalue weighted by Gasteiger charge is 2.23. The van der Waals surface area contributed by atoms with E-state index < -0.39 is 29.2 Å². The van der Waals surface area contributed by atoms with Gasteiger partial charge in [-0.2, -0.15) is 0 Å². The van der Waals surface area contributed by atoms with Crippen molar-refractivity contribution in [3.8, 4) is 0 Å². The first-order valence-corrected chi connectivity index (χ1v) is 4.98. The van der Waals surface area contributed by atoms with E-state index >= 15 is 0 Å². The molecule has 0 aliphatic heterocycles. The fourth-order valence-electron chi connectivity index (χ4n) is 1.05. The van der Waals surface area contributed by atoms with Gasteiger partial charge < -0.3 is 14.9 Å². The number of ether oxygens (including phenoxy) is 1. The molecule has 0 aliphatic carbocycles. The zero-order valence-corrected chi connectivity index (χ0v) is 9.43. The molecule has 6 nitrogen and oxygen atoms in total. The minimum Gasteiger partial charge on any atom is -0.478 e. The first-order chi connectivity index (χ1) is 7.93. The van der Waals surface area contributed by atoms with Crippen molar-refractivity contribution in [1.82, 2.24) is 0 Å². The third kappa shape index (κ3) is 4.96. The number of carboxylic acids is 2. The second-order valence-corrected chi connectivity index (χ2v) is 3.15. The molecule has 0 bridgehead atoms. The highest BCUT2D eigenvalue weighted by Crippen LogP contribution is 2.15. The largest absolute Gasteiger partial charge is 0.478 e. The second kappa shape index (κ2) is 7.21. The third-order valence-electron chi connectivity index (χ3n) is 1.88. The van der Waals surface area contributed by atoms with Crippen LogP contribution >= 0.6 is 0 Å². The lowest BCUT2D eigenvalue weighted by Crippen LogP contribution is -2.16. The SMILES string of the molecule is C=CC(=O)O/C(C(=O)O)=C(\CCCC)C(=O)O. The second-order valence-electron chi connectivity index (χ2n) is 3.15. The lowest BCUT2D eigenvalue weighted by Gasteiger charge is -2.07. The summed E-state index contributed by atoms with van der Waals surface area (Å²) in [6.45, 7) is 4.93. The summed E-state index contributed by atoms with van der Waals surface area (Å²) in [6, 6.07) is 0. The highest BCUT2D eigenvalue weighted by atomic mass is 16.6. The third-order valence-corrected chi connectivity index (χ3v) is 1.88. The van der Waals surface area contributed by atoms with Crippen LogP contribution in [0.1, 0.15) is 26.2 Å². The molecule has 0 aromatic heterocycles. The minimum absolute atomic E-state index is 0.0257. The summed E-state index contributed by atoms with van der Waals surface area (Å²) in [5.74, 6) is -4.85. The van der Waals surface area contributed by atoms with Gasteiger partial charge in [-0.05, 0) is 12.8 Å². The average molecular weight is 242 g/mol. The van der Waals surface area contributed by atoms with Crippen LogP contribution in [-0.4, -0.2) is 28.1 Å². The maximum atomic E-state index is 10.9. The van der Waals surface area contributed by atoms with Crippen molar-refractivity contribution in [2.45, 2.75) is 26.2 Å². The van der Waals surface area contributed by atoms with Gasteiger partial charge in [0.25, 0.3) is 0 Å². The zero-order valence-electron chi connectivity index (χ0n) is 9.43. The number of unbranched alkanes of at least 4 members (excludes halogenated alkanes) is 1. The smallest absolute Gasteiger partial charge is 0.372 e. The summed E-state index contributed by atoms with van der Waals surface area (Å²) in [5, 5.41) is 17.7. The fraction of sp³-hybridized carbons (Fsp3) is 0.364. The number of carbonyl (C=O) groups excluding carboxylic acids is 1. The molecule has 0 spiro atoms. The number of hydrogen-bond acceptors (Lipinski definition) is 4. The van der Waals surface area contributed by atoms with Gasteiger partial charge in [0, 0.05) is 6.08 Å². The lowest BCUT2D eigenvalue weighted by molar-refractivity contribution is -0.146. The van der Waals surface area contributed by atoms with Crippen molar-refractivity contribution in [3.05, 3.63) is 24.0 Å². The molecule has 0 aromatic carbocycles. The average Bonchev–Trinajstić information content (AvgIpc) is 2.26. The number of rotatable bonds is 7. The normalized spacial score (nSPS) is 11.4. The van der Waals surface area contributed by atoms with Crippen LogP contribution in [-0.2, 0) is 19.1 Å². The molecule has 2 N–H and O–H groups in total. The Kier molecular flexibility index (Phi) is 6.32.